The fourth-order valence-electron chi connectivity index (χ4n) is 2.99. The highest BCUT2D eigenvalue weighted by molar-refractivity contribution is 5.92. The van der Waals surface area contributed by atoms with Gasteiger partial charge in [0, 0.05) is 24.5 Å². The zero-order valence-electron chi connectivity index (χ0n) is 14.9. The number of carbonyl (C=O) groups is 1. The lowest BCUT2D eigenvalue weighted by Gasteiger charge is -2.07. The number of nitrogens with zero attached hydrogens (tertiary/aromatic N) is 3. The number of benzene rings is 1. The molecule has 0 fully saturated rings. The maximum Gasteiger partial charge on any atom is 0.271 e. The molecule has 0 spiro atoms. The highest BCUT2D eigenvalue weighted by Gasteiger charge is 2.12. The number of hydrogen-bond acceptors (Lipinski definition) is 2. The molecule has 1 aromatic carbocycles. The highest BCUT2D eigenvalue weighted by atomic mass is 19.1. The van der Waals surface area contributed by atoms with Crippen LogP contribution < -0.4 is 5.32 Å². The molecule has 0 bridgehead atoms. The first-order valence-corrected chi connectivity index (χ1v) is 8.87. The number of fused-ring (bicyclic) bond motifs is 1. The Kier molecular flexibility index (Phi) is 4.46. The summed E-state index contributed by atoms with van der Waals surface area (Å²) in [4.78, 5) is 12.1. The van der Waals surface area contributed by atoms with Crippen molar-refractivity contribution in [3.8, 4) is 16.9 Å². The van der Waals surface area contributed by atoms with E-state index in [1.54, 1.807) is 29.1 Å². The lowest BCUT2D eigenvalue weighted by Crippen LogP contribution is -2.24. The molecule has 27 heavy (non-hydrogen) atoms. The number of pyridine rings is 1. The zero-order valence-corrected chi connectivity index (χ0v) is 14.9. The van der Waals surface area contributed by atoms with Crippen molar-refractivity contribution in [1.29, 1.82) is 0 Å². The van der Waals surface area contributed by atoms with Crippen LogP contribution in [0.3, 0.4) is 0 Å². The summed E-state index contributed by atoms with van der Waals surface area (Å²) in [7, 11) is 0. The second-order valence-electron chi connectivity index (χ2n) is 6.31. The number of nitrogens with one attached hydrogen (secondary N) is 1. The molecule has 5 nitrogen and oxygen atoms in total. The molecule has 1 N–H and O–H groups in total. The van der Waals surface area contributed by atoms with Crippen LogP contribution in [0, 0.1) is 5.82 Å². The molecule has 0 saturated carbocycles. The molecule has 6 heteroatoms. The zero-order chi connectivity index (χ0) is 18.8. The number of halogens is 1. The quantitative estimate of drug-likeness (QED) is 0.582. The van der Waals surface area contributed by atoms with Gasteiger partial charge in [0.25, 0.3) is 5.91 Å². The minimum atomic E-state index is -0.257. The number of aromatic nitrogens is 3. The Labute approximate surface area is 156 Å². The van der Waals surface area contributed by atoms with Crippen LogP contribution in [0.2, 0.25) is 0 Å². The molecule has 0 unspecified atom stereocenters. The highest BCUT2D eigenvalue weighted by Crippen LogP contribution is 2.23. The molecule has 136 valence electrons. The van der Waals surface area contributed by atoms with Crippen molar-refractivity contribution < 1.29 is 9.18 Å². The van der Waals surface area contributed by atoms with Gasteiger partial charge in [-0.15, -0.1) is 0 Å². The number of rotatable bonds is 5. The van der Waals surface area contributed by atoms with Gasteiger partial charge in [0.2, 0.25) is 0 Å². The minimum Gasteiger partial charge on any atom is -0.351 e. The topological polar surface area (TPSA) is 51.3 Å². The number of amides is 1. The van der Waals surface area contributed by atoms with E-state index in [4.69, 9.17) is 0 Å². The lowest BCUT2D eigenvalue weighted by molar-refractivity contribution is 0.0948. The molecule has 1 amide bonds. The van der Waals surface area contributed by atoms with Crippen molar-refractivity contribution in [2.24, 2.45) is 0 Å². The third-order valence-electron chi connectivity index (χ3n) is 4.40. The Hall–Kier alpha value is -3.41. The van der Waals surface area contributed by atoms with E-state index < -0.39 is 0 Å². The summed E-state index contributed by atoms with van der Waals surface area (Å²) in [5.41, 5.74) is 3.28. The van der Waals surface area contributed by atoms with Crippen molar-refractivity contribution >= 4 is 11.4 Å². The van der Waals surface area contributed by atoms with E-state index in [0.717, 1.165) is 28.9 Å². The van der Waals surface area contributed by atoms with E-state index in [0.29, 0.717) is 12.2 Å². The average molecular weight is 362 g/mol. The van der Waals surface area contributed by atoms with Crippen molar-refractivity contribution in [3.63, 3.8) is 0 Å². The SMILES string of the molecule is CCCNC(=O)c1ccn(-c2ccc3ccc(-c4ccc(F)cc4)cn23)n1. The molecule has 0 radical (unpaired) electrons. The van der Waals surface area contributed by atoms with E-state index in [9.17, 15) is 9.18 Å². The first-order valence-electron chi connectivity index (χ1n) is 8.87. The van der Waals surface area contributed by atoms with Crippen molar-refractivity contribution in [1.82, 2.24) is 19.5 Å². The molecule has 4 aromatic rings. The van der Waals surface area contributed by atoms with Crippen LogP contribution in [0.15, 0.2) is 67.0 Å². The Morgan fingerprint density at radius 1 is 1.04 bits per heavy atom. The summed E-state index contributed by atoms with van der Waals surface area (Å²) < 4.78 is 16.9. The van der Waals surface area contributed by atoms with Crippen LogP contribution in [0.1, 0.15) is 23.8 Å². The van der Waals surface area contributed by atoms with Gasteiger partial charge in [-0.1, -0.05) is 25.1 Å². The number of hydrogen-bond donors (Lipinski definition) is 1. The van der Waals surface area contributed by atoms with E-state index >= 15 is 0 Å². The summed E-state index contributed by atoms with van der Waals surface area (Å²) in [6, 6.07) is 16.0. The van der Waals surface area contributed by atoms with Crippen LogP contribution in [-0.2, 0) is 0 Å². The van der Waals surface area contributed by atoms with Gasteiger partial charge in [-0.3, -0.25) is 4.79 Å². The largest absolute Gasteiger partial charge is 0.351 e. The molecule has 0 aliphatic carbocycles. The van der Waals surface area contributed by atoms with E-state index in [-0.39, 0.29) is 11.7 Å². The van der Waals surface area contributed by atoms with Gasteiger partial charge in [0.15, 0.2) is 5.69 Å². The minimum absolute atomic E-state index is 0.177. The Balaban J connectivity index is 1.70. The van der Waals surface area contributed by atoms with Crippen LogP contribution in [-0.4, -0.2) is 26.6 Å². The standard InChI is InChI=1S/C21H19FN4O/c1-2-12-23-21(27)19-11-13-26(24-19)20-10-9-18-8-5-16(14-25(18)20)15-3-6-17(22)7-4-15/h3-11,13-14H,2,12H2,1H3,(H,23,27). The summed E-state index contributed by atoms with van der Waals surface area (Å²) >= 11 is 0. The van der Waals surface area contributed by atoms with Gasteiger partial charge in [-0.05, 0) is 53.9 Å². The third kappa shape index (κ3) is 3.33. The van der Waals surface area contributed by atoms with Gasteiger partial charge in [-0.2, -0.15) is 5.10 Å². The first kappa shape index (κ1) is 17.0. The monoisotopic (exact) mass is 362 g/mol. The predicted octanol–water partition coefficient (Wildman–Crippen LogP) is 4.07. The van der Waals surface area contributed by atoms with Gasteiger partial charge in [0.05, 0.1) is 0 Å². The predicted molar refractivity (Wildman–Crippen MR) is 103 cm³/mol. The molecule has 0 aliphatic heterocycles. The van der Waals surface area contributed by atoms with Crippen LogP contribution in [0.5, 0.6) is 0 Å². The smallest absolute Gasteiger partial charge is 0.271 e. The van der Waals surface area contributed by atoms with Crippen molar-refractivity contribution in [2.45, 2.75) is 13.3 Å². The fraction of sp³-hybridized carbons (Fsp3) is 0.143. The molecule has 3 aromatic heterocycles. The van der Waals surface area contributed by atoms with Gasteiger partial charge < -0.3 is 9.72 Å². The first-order chi connectivity index (χ1) is 13.2. The second kappa shape index (κ2) is 7.07. The number of carbonyl (C=O) groups excluding carboxylic acids is 1. The molecular weight excluding hydrogens is 343 g/mol. The maximum absolute atomic E-state index is 13.2. The maximum atomic E-state index is 13.2. The molecule has 4 rings (SSSR count). The summed E-state index contributed by atoms with van der Waals surface area (Å²) in [5.74, 6) is 0.388. The average Bonchev–Trinajstić information content (AvgIpc) is 3.33. The van der Waals surface area contributed by atoms with Crippen LogP contribution in [0.25, 0.3) is 22.5 Å². The van der Waals surface area contributed by atoms with Crippen molar-refractivity contribution in [3.05, 3.63) is 78.5 Å². The van der Waals surface area contributed by atoms with E-state index in [1.807, 2.05) is 41.8 Å². The van der Waals surface area contributed by atoms with E-state index in [1.165, 1.54) is 12.1 Å². The molecule has 0 saturated heterocycles. The fourth-order valence-corrected chi connectivity index (χ4v) is 2.99. The molecule has 3 heterocycles. The van der Waals surface area contributed by atoms with Crippen LogP contribution in [0.4, 0.5) is 4.39 Å². The van der Waals surface area contributed by atoms with Gasteiger partial charge in [-0.25, -0.2) is 9.07 Å². The van der Waals surface area contributed by atoms with Gasteiger partial charge >= 0.3 is 0 Å². The van der Waals surface area contributed by atoms with Gasteiger partial charge in [0.1, 0.15) is 11.6 Å². The Bertz CT molecular complexity index is 1100. The summed E-state index contributed by atoms with van der Waals surface area (Å²) in [6.45, 7) is 2.63. The normalized spacial score (nSPS) is 11.0. The lowest BCUT2D eigenvalue weighted by atomic mass is 10.1. The summed E-state index contributed by atoms with van der Waals surface area (Å²) in [5, 5.41) is 7.23. The second-order valence-corrected chi connectivity index (χ2v) is 6.31. The van der Waals surface area contributed by atoms with Crippen molar-refractivity contribution in [2.75, 3.05) is 6.54 Å². The third-order valence-corrected chi connectivity index (χ3v) is 4.40. The van der Waals surface area contributed by atoms with Crippen LogP contribution >= 0.6 is 0 Å². The Morgan fingerprint density at radius 2 is 1.78 bits per heavy atom. The Morgan fingerprint density at radius 3 is 2.56 bits per heavy atom. The molecule has 0 atom stereocenters. The molecular formula is C21H19FN4O. The summed E-state index contributed by atoms with van der Waals surface area (Å²) in [6.07, 6.45) is 4.63. The van der Waals surface area contributed by atoms with E-state index in [2.05, 4.69) is 10.4 Å². The molecule has 0 aliphatic rings.